The zero-order chi connectivity index (χ0) is 28.1. The van der Waals surface area contributed by atoms with E-state index in [2.05, 4.69) is 12.2 Å². The second-order valence-electron chi connectivity index (χ2n) is 10.3. The van der Waals surface area contributed by atoms with Crippen molar-refractivity contribution in [1.29, 1.82) is 0 Å². The van der Waals surface area contributed by atoms with Crippen molar-refractivity contribution in [2.75, 3.05) is 12.8 Å². The van der Waals surface area contributed by atoms with Gasteiger partial charge in [0.1, 0.15) is 35.9 Å². The van der Waals surface area contributed by atoms with Gasteiger partial charge in [-0.25, -0.2) is 9.59 Å². The van der Waals surface area contributed by atoms with E-state index >= 15 is 0 Å². The first-order valence-corrected chi connectivity index (χ1v) is 14.3. The summed E-state index contributed by atoms with van der Waals surface area (Å²) >= 11 is 1.20. The fraction of sp³-hybridized carbons (Fsp3) is 0.800. The van der Waals surface area contributed by atoms with Crippen molar-refractivity contribution >= 4 is 23.8 Å². The van der Waals surface area contributed by atoms with Crippen molar-refractivity contribution < 1.29 is 43.2 Å². The smallest absolute Gasteiger partial charge is 0.441 e. The molecular weight excluding hydrogens is 520 g/mol. The second-order valence-corrected chi connectivity index (χ2v) is 11.3. The van der Waals surface area contributed by atoms with Gasteiger partial charge in [-0.3, -0.25) is 9.69 Å². The number of hydrogen-bond acceptors (Lipinski definition) is 11. The largest absolute Gasteiger partial charge is 0.519 e. The van der Waals surface area contributed by atoms with Gasteiger partial charge in [0.25, 0.3) is 0 Å². The van der Waals surface area contributed by atoms with Crippen LogP contribution in [0.5, 0.6) is 0 Å². The van der Waals surface area contributed by atoms with E-state index < -0.39 is 59.8 Å². The quantitative estimate of drug-likeness (QED) is 0.344. The predicted octanol–water partition coefficient (Wildman–Crippen LogP) is 1.37. The van der Waals surface area contributed by atoms with Gasteiger partial charge in [0.15, 0.2) is 18.1 Å². The lowest BCUT2D eigenvalue weighted by Gasteiger charge is -2.45. The number of ether oxygens (including phenoxy) is 2. The minimum Gasteiger partial charge on any atom is -0.441 e. The van der Waals surface area contributed by atoms with E-state index in [0.29, 0.717) is 19.4 Å². The molecule has 0 spiro atoms. The molecule has 12 nitrogen and oxygen atoms in total. The summed E-state index contributed by atoms with van der Waals surface area (Å²) in [5, 5.41) is 34.3. The molecule has 3 rings (SSSR count). The molecule has 4 N–H and O–H groups in total. The number of piperidine rings is 1. The fourth-order valence-electron chi connectivity index (χ4n) is 5.15. The molecule has 2 fully saturated rings. The summed E-state index contributed by atoms with van der Waals surface area (Å²) < 4.78 is 21.0. The molecule has 0 saturated carbocycles. The van der Waals surface area contributed by atoms with Crippen molar-refractivity contribution in [2.45, 2.75) is 102 Å². The summed E-state index contributed by atoms with van der Waals surface area (Å²) in [6.07, 6.45) is -1.13. The highest BCUT2D eigenvalue weighted by Crippen LogP contribution is 2.32. The summed E-state index contributed by atoms with van der Waals surface area (Å²) in [7, 11) is 0. The number of carbonyl (C=O) groups is 2. The van der Waals surface area contributed by atoms with Crippen LogP contribution in [0.25, 0.3) is 0 Å². The lowest BCUT2D eigenvalue weighted by molar-refractivity contribution is -0.208. The van der Waals surface area contributed by atoms with Gasteiger partial charge in [-0.2, -0.15) is 0 Å². The lowest BCUT2D eigenvalue weighted by atomic mass is 9.86. The van der Waals surface area contributed by atoms with Crippen LogP contribution in [0.15, 0.2) is 13.6 Å². The predicted molar refractivity (Wildman–Crippen MR) is 137 cm³/mol. The number of nitrogens with one attached hydrogen (secondary N) is 1. The Balaban J connectivity index is 1.77. The summed E-state index contributed by atoms with van der Waals surface area (Å²) in [6.45, 7) is 7.28. The van der Waals surface area contributed by atoms with Crippen LogP contribution in [-0.2, 0) is 20.9 Å². The minimum atomic E-state index is -1.44. The standard InChI is InChI=1S/C25H40N2O10S/c1-6-7-14-8-9-27(24(32)34-11-16-13(4)35-25(33)36-16)15(10-14)22(31)26-17(12(2)3)21-19(29)18(28)20(30)23(37-21)38-5/h12,14-15,17-21,23,28-30H,6-11H2,1-5H3,(H,26,31). The molecule has 1 aromatic heterocycles. The monoisotopic (exact) mass is 560 g/mol. The number of thioether (sulfide) groups is 1. The molecule has 0 bridgehead atoms. The molecule has 0 radical (unpaired) electrons. The third-order valence-corrected chi connectivity index (χ3v) is 8.18. The molecule has 216 valence electrons. The SMILES string of the molecule is CCCC1CCN(C(=O)OCc2oc(=O)oc2C)C(C(=O)NC(C(C)C)C2OC(SC)C(O)C(O)C2O)C1. The van der Waals surface area contributed by atoms with Gasteiger partial charge < -0.3 is 38.9 Å². The van der Waals surface area contributed by atoms with Crippen LogP contribution in [0, 0.1) is 18.8 Å². The molecule has 2 saturated heterocycles. The average molecular weight is 561 g/mol. The van der Waals surface area contributed by atoms with Gasteiger partial charge in [-0.05, 0) is 37.9 Å². The Morgan fingerprint density at radius 1 is 1.18 bits per heavy atom. The molecule has 38 heavy (non-hydrogen) atoms. The number of carbonyl (C=O) groups excluding carboxylic acids is 2. The number of aryl methyl sites for hydroxylation is 1. The van der Waals surface area contributed by atoms with Crippen LogP contribution in [0.2, 0.25) is 0 Å². The summed E-state index contributed by atoms with van der Waals surface area (Å²) in [6, 6.07) is -1.54. The maximum Gasteiger partial charge on any atom is 0.519 e. The van der Waals surface area contributed by atoms with Gasteiger partial charge in [-0.1, -0.05) is 33.6 Å². The van der Waals surface area contributed by atoms with E-state index in [1.54, 1.807) is 6.26 Å². The number of rotatable bonds is 9. The van der Waals surface area contributed by atoms with Gasteiger partial charge in [0.2, 0.25) is 5.91 Å². The Kier molecular flexibility index (Phi) is 10.7. The number of aliphatic hydroxyl groups excluding tert-OH is 3. The van der Waals surface area contributed by atoms with E-state index in [0.717, 1.165) is 12.8 Å². The molecule has 2 amide bonds. The fourth-order valence-corrected chi connectivity index (χ4v) is 5.83. The van der Waals surface area contributed by atoms with Gasteiger partial charge >= 0.3 is 11.9 Å². The van der Waals surface area contributed by atoms with Crippen molar-refractivity contribution in [1.82, 2.24) is 10.2 Å². The Morgan fingerprint density at radius 3 is 2.47 bits per heavy atom. The number of aliphatic hydroxyl groups is 3. The van der Waals surface area contributed by atoms with E-state index in [1.165, 1.54) is 23.6 Å². The highest BCUT2D eigenvalue weighted by Gasteiger charge is 2.48. The Labute approximate surface area is 226 Å². The molecule has 2 aliphatic rings. The highest BCUT2D eigenvalue weighted by molar-refractivity contribution is 7.99. The molecule has 0 aliphatic carbocycles. The Bertz CT molecular complexity index is 995. The summed E-state index contributed by atoms with van der Waals surface area (Å²) in [5.74, 6) is -0.978. The van der Waals surface area contributed by atoms with Crippen LogP contribution < -0.4 is 11.1 Å². The molecular formula is C25H40N2O10S. The second kappa shape index (κ2) is 13.3. The van der Waals surface area contributed by atoms with Gasteiger partial charge in [-0.15, -0.1) is 11.8 Å². The molecule has 8 unspecified atom stereocenters. The topological polar surface area (TPSA) is 172 Å². The van der Waals surface area contributed by atoms with Crippen LogP contribution in [-0.4, -0.2) is 87.0 Å². The lowest BCUT2D eigenvalue weighted by Crippen LogP contribution is -2.65. The molecule has 8 atom stereocenters. The first-order chi connectivity index (χ1) is 18.0. The van der Waals surface area contributed by atoms with Crippen LogP contribution in [0.4, 0.5) is 4.79 Å². The summed E-state index contributed by atoms with van der Waals surface area (Å²) in [4.78, 5) is 39.4. The molecule has 1 aromatic rings. The van der Waals surface area contributed by atoms with Crippen LogP contribution in [0.1, 0.15) is 58.0 Å². The third-order valence-electron chi connectivity index (χ3n) is 7.33. The Hall–Kier alpha value is -2.06. The van der Waals surface area contributed by atoms with Crippen LogP contribution >= 0.6 is 11.8 Å². The minimum absolute atomic E-state index is 0.0950. The van der Waals surface area contributed by atoms with E-state index in [-0.39, 0.29) is 30.0 Å². The molecule has 2 aliphatic heterocycles. The van der Waals surface area contributed by atoms with E-state index in [9.17, 15) is 29.7 Å². The third kappa shape index (κ3) is 6.92. The van der Waals surface area contributed by atoms with Gasteiger partial charge in [0.05, 0.1) is 6.04 Å². The van der Waals surface area contributed by atoms with E-state index in [4.69, 9.17) is 18.3 Å². The van der Waals surface area contributed by atoms with Crippen LogP contribution in [0.3, 0.4) is 0 Å². The maximum atomic E-state index is 13.7. The number of hydrogen-bond donors (Lipinski definition) is 4. The van der Waals surface area contributed by atoms with E-state index in [1.807, 2.05) is 13.8 Å². The van der Waals surface area contributed by atoms with Crippen molar-refractivity contribution in [2.24, 2.45) is 11.8 Å². The number of nitrogens with zero attached hydrogens (tertiary/aromatic N) is 1. The zero-order valence-electron chi connectivity index (χ0n) is 22.5. The number of likely N-dealkylation sites (tertiary alicyclic amines) is 1. The van der Waals surface area contributed by atoms with Crippen molar-refractivity contribution in [3.05, 3.63) is 22.1 Å². The molecule has 13 heteroatoms. The number of amides is 2. The van der Waals surface area contributed by atoms with Crippen molar-refractivity contribution in [3.8, 4) is 0 Å². The normalized spacial score (nSPS) is 30.8. The molecule has 3 heterocycles. The first kappa shape index (κ1) is 30.5. The highest BCUT2D eigenvalue weighted by atomic mass is 32.2. The van der Waals surface area contributed by atoms with Gasteiger partial charge in [0, 0.05) is 6.54 Å². The van der Waals surface area contributed by atoms with Crippen molar-refractivity contribution in [3.63, 3.8) is 0 Å². The maximum absolute atomic E-state index is 13.7. The average Bonchev–Trinajstić information content (AvgIpc) is 3.21. The summed E-state index contributed by atoms with van der Waals surface area (Å²) in [5.41, 5.74) is -0.780. The zero-order valence-corrected chi connectivity index (χ0v) is 23.3. The Morgan fingerprint density at radius 2 is 1.89 bits per heavy atom. The molecule has 0 aromatic carbocycles. The first-order valence-electron chi connectivity index (χ1n) is 13.0.